The van der Waals surface area contributed by atoms with Crippen molar-refractivity contribution in [1.29, 1.82) is 0 Å². The Bertz CT molecular complexity index is 434. The number of aliphatic hydroxyl groups is 1. The summed E-state index contributed by atoms with van der Waals surface area (Å²) < 4.78 is 0. The first kappa shape index (κ1) is 13.3. The summed E-state index contributed by atoms with van der Waals surface area (Å²) in [6.07, 6.45) is 5.45. The Labute approximate surface area is 119 Å². The van der Waals surface area contributed by atoms with E-state index in [-0.39, 0.29) is 0 Å². The molecule has 5 heteroatoms. The van der Waals surface area contributed by atoms with Crippen molar-refractivity contribution in [2.24, 2.45) is 0 Å². The zero-order chi connectivity index (χ0) is 13.4. The molecule has 2 aliphatic rings. The smallest absolute Gasteiger partial charge is 0.185 e. The second kappa shape index (κ2) is 5.38. The molecule has 1 N–H and O–H groups in total. The van der Waals surface area contributed by atoms with Crippen LogP contribution in [0.2, 0.25) is 0 Å². The van der Waals surface area contributed by atoms with Crippen molar-refractivity contribution in [1.82, 2.24) is 9.88 Å². The van der Waals surface area contributed by atoms with Crippen molar-refractivity contribution in [3.8, 4) is 0 Å². The van der Waals surface area contributed by atoms with Gasteiger partial charge in [0, 0.05) is 31.4 Å². The SMILES string of the molecule is CC(O)c1cnc(N2CC3CCCCN3CC2C)s1. The predicted molar refractivity (Wildman–Crippen MR) is 78.8 cm³/mol. The van der Waals surface area contributed by atoms with Gasteiger partial charge in [-0.2, -0.15) is 0 Å². The van der Waals surface area contributed by atoms with Gasteiger partial charge in [0.25, 0.3) is 0 Å². The molecule has 3 heterocycles. The number of piperidine rings is 1. The number of thiazole rings is 1. The number of aliphatic hydroxyl groups excluding tert-OH is 1. The zero-order valence-corrected chi connectivity index (χ0v) is 12.6. The number of fused-ring (bicyclic) bond motifs is 1. The maximum atomic E-state index is 9.63. The number of aromatic nitrogens is 1. The summed E-state index contributed by atoms with van der Waals surface area (Å²) in [5, 5.41) is 10.7. The highest BCUT2D eigenvalue weighted by Crippen LogP contribution is 2.32. The average molecular weight is 281 g/mol. The lowest BCUT2D eigenvalue weighted by Gasteiger charge is -2.47. The van der Waals surface area contributed by atoms with E-state index >= 15 is 0 Å². The molecule has 2 fully saturated rings. The summed E-state index contributed by atoms with van der Waals surface area (Å²) in [4.78, 5) is 10.6. The second-order valence-electron chi connectivity index (χ2n) is 5.87. The normalized spacial score (nSPS) is 30.2. The van der Waals surface area contributed by atoms with E-state index in [4.69, 9.17) is 0 Å². The van der Waals surface area contributed by atoms with E-state index in [1.807, 2.05) is 6.20 Å². The molecule has 106 valence electrons. The van der Waals surface area contributed by atoms with Crippen LogP contribution in [0.5, 0.6) is 0 Å². The molecule has 0 aliphatic carbocycles. The lowest BCUT2D eigenvalue weighted by molar-refractivity contribution is 0.115. The lowest BCUT2D eigenvalue weighted by atomic mass is 9.97. The monoisotopic (exact) mass is 281 g/mol. The minimum absolute atomic E-state index is 0.405. The minimum Gasteiger partial charge on any atom is -0.388 e. The second-order valence-corrected chi connectivity index (χ2v) is 6.91. The van der Waals surface area contributed by atoms with Crippen molar-refractivity contribution >= 4 is 16.5 Å². The highest BCUT2D eigenvalue weighted by Gasteiger charge is 2.34. The van der Waals surface area contributed by atoms with E-state index in [1.54, 1.807) is 18.3 Å². The molecule has 0 radical (unpaired) electrons. The quantitative estimate of drug-likeness (QED) is 0.902. The Hall–Kier alpha value is -0.650. The zero-order valence-electron chi connectivity index (χ0n) is 11.7. The van der Waals surface area contributed by atoms with Crippen molar-refractivity contribution in [3.63, 3.8) is 0 Å². The first-order valence-electron chi connectivity index (χ1n) is 7.29. The van der Waals surface area contributed by atoms with Crippen LogP contribution in [0.1, 0.15) is 44.1 Å². The van der Waals surface area contributed by atoms with Gasteiger partial charge >= 0.3 is 0 Å². The van der Waals surface area contributed by atoms with Crippen LogP contribution in [-0.2, 0) is 0 Å². The Morgan fingerprint density at radius 1 is 1.42 bits per heavy atom. The molecule has 0 aromatic carbocycles. The molecular formula is C14H23N3OS. The number of piperazine rings is 1. The topological polar surface area (TPSA) is 39.6 Å². The number of hydrogen-bond acceptors (Lipinski definition) is 5. The Balaban J connectivity index is 1.75. The fourth-order valence-corrected chi connectivity index (χ4v) is 4.19. The Morgan fingerprint density at radius 3 is 3.00 bits per heavy atom. The molecule has 0 spiro atoms. The van der Waals surface area contributed by atoms with Crippen molar-refractivity contribution in [3.05, 3.63) is 11.1 Å². The molecule has 1 aromatic heterocycles. The van der Waals surface area contributed by atoms with Gasteiger partial charge in [0.15, 0.2) is 5.13 Å². The van der Waals surface area contributed by atoms with Gasteiger partial charge in [0.1, 0.15) is 0 Å². The molecule has 4 nitrogen and oxygen atoms in total. The Kier molecular flexibility index (Phi) is 3.78. The van der Waals surface area contributed by atoms with Crippen LogP contribution in [0.4, 0.5) is 5.13 Å². The number of nitrogens with zero attached hydrogens (tertiary/aromatic N) is 3. The highest BCUT2D eigenvalue weighted by atomic mass is 32.1. The molecule has 3 rings (SSSR count). The van der Waals surface area contributed by atoms with Crippen molar-refractivity contribution in [2.45, 2.75) is 51.3 Å². The lowest BCUT2D eigenvalue weighted by Crippen LogP contribution is -2.58. The molecule has 0 bridgehead atoms. The largest absolute Gasteiger partial charge is 0.388 e. The summed E-state index contributed by atoms with van der Waals surface area (Å²) in [7, 11) is 0. The maximum Gasteiger partial charge on any atom is 0.185 e. The van der Waals surface area contributed by atoms with Gasteiger partial charge in [0.2, 0.25) is 0 Å². The van der Waals surface area contributed by atoms with Crippen molar-refractivity contribution < 1.29 is 5.11 Å². The number of rotatable bonds is 2. The van der Waals surface area contributed by atoms with Gasteiger partial charge in [-0.15, -0.1) is 0 Å². The first-order chi connectivity index (χ1) is 9.15. The van der Waals surface area contributed by atoms with Crippen LogP contribution in [0.15, 0.2) is 6.20 Å². The average Bonchev–Trinajstić information content (AvgIpc) is 2.87. The van der Waals surface area contributed by atoms with E-state index in [1.165, 1.54) is 25.8 Å². The molecule has 3 atom stereocenters. The highest BCUT2D eigenvalue weighted by molar-refractivity contribution is 7.15. The third-order valence-corrected chi connectivity index (χ3v) is 5.56. The maximum absolute atomic E-state index is 9.63. The summed E-state index contributed by atoms with van der Waals surface area (Å²) in [6, 6.07) is 1.21. The van der Waals surface area contributed by atoms with Crippen molar-refractivity contribution in [2.75, 3.05) is 24.5 Å². The molecule has 19 heavy (non-hydrogen) atoms. The van der Waals surface area contributed by atoms with Gasteiger partial charge in [-0.1, -0.05) is 17.8 Å². The summed E-state index contributed by atoms with van der Waals surface area (Å²) in [5.41, 5.74) is 0. The predicted octanol–water partition coefficient (Wildman–Crippen LogP) is 2.26. The molecule has 2 saturated heterocycles. The fraction of sp³-hybridized carbons (Fsp3) is 0.786. The summed E-state index contributed by atoms with van der Waals surface area (Å²) in [5.74, 6) is 0. The number of hydrogen-bond donors (Lipinski definition) is 1. The third kappa shape index (κ3) is 2.64. The van der Waals surface area contributed by atoms with Gasteiger partial charge in [-0.25, -0.2) is 4.98 Å². The van der Waals surface area contributed by atoms with E-state index in [0.29, 0.717) is 12.1 Å². The summed E-state index contributed by atoms with van der Waals surface area (Å²) >= 11 is 1.64. The van der Waals surface area contributed by atoms with E-state index < -0.39 is 6.10 Å². The molecule has 1 aromatic rings. The van der Waals surface area contributed by atoms with Gasteiger partial charge in [0.05, 0.1) is 11.0 Å². The van der Waals surface area contributed by atoms with Crippen LogP contribution in [0, 0.1) is 0 Å². The first-order valence-corrected chi connectivity index (χ1v) is 8.11. The molecule has 2 aliphatic heterocycles. The van der Waals surface area contributed by atoms with Crippen LogP contribution in [0.3, 0.4) is 0 Å². The minimum atomic E-state index is -0.405. The fourth-order valence-electron chi connectivity index (χ4n) is 3.22. The van der Waals surface area contributed by atoms with E-state index in [9.17, 15) is 5.11 Å². The summed E-state index contributed by atoms with van der Waals surface area (Å²) in [6.45, 7) is 7.59. The molecule has 0 saturated carbocycles. The standard InChI is InChI=1S/C14H23N3OS/c1-10-8-16-6-4-3-5-12(16)9-17(10)14-15-7-13(19-14)11(2)18/h7,10-12,18H,3-6,8-9H2,1-2H3. The van der Waals surface area contributed by atoms with Gasteiger partial charge < -0.3 is 10.0 Å². The number of anilines is 1. The van der Waals surface area contributed by atoms with E-state index in [0.717, 1.165) is 23.1 Å². The third-order valence-electron chi connectivity index (χ3n) is 4.36. The van der Waals surface area contributed by atoms with Crippen LogP contribution >= 0.6 is 11.3 Å². The molecule has 3 unspecified atom stereocenters. The van der Waals surface area contributed by atoms with Gasteiger partial charge in [-0.05, 0) is 33.2 Å². The van der Waals surface area contributed by atoms with Crippen LogP contribution < -0.4 is 4.90 Å². The Morgan fingerprint density at radius 2 is 2.26 bits per heavy atom. The molecule has 0 amide bonds. The molecular weight excluding hydrogens is 258 g/mol. The van der Waals surface area contributed by atoms with E-state index in [2.05, 4.69) is 21.7 Å². The van der Waals surface area contributed by atoms with Crippen LogP contribution in [-0.4, -0.2) is 46.7 Å². The van der Waals surface area contributed by atoms with Crippen LogP contribution in [0.25, 0.3) is 0 Å². The van der Waals surface area contributed by atoms with Gasteiger partial charge in [-0.3, -0.25) is 4.90 Å².